The molecule has 72 valence electrons. The molecule has 0 radical (unpaired) electrons. The summed E-state index contributed by atoms with van der Waals surface area (Å²) in [6.45, 7) is 4.36. The van der Waals surface area contributed by atoms with Crippen LogP contribution >= 0.6 is 11.8 Å². The standard InChI is InChI=1S/C10H20OS/c1-8(2)12-7-10(11)6-5-9-3-4-9/h8-11H,3-7H2,1-2H3. The number of thioether (sulfide) groups is 1. The van der Waals surface area contributed by atoms with Gasteiger partial charge in [0, 0.05) is 5.75 Å². The summed E-state index contributed by atoms with van der Waals surface area (Å²) in [5.74, 6) is 1.88. The fourth-order valence-corrected chi connectivity index (χ4v) is 2.00. The molecule has 2 heteroatoms. The summed E-state index contributed by atoms with van der Waals surface area (Å²) in [6.07, 6.45) is 5.02. The molecule has 0 spiro atoms. The van der Waals surface area contributed by atoms with E-state index in [4.69, 9.17) is 0 Å². The Morgan fingerprint density at radius 2 is 2.08 bits per heavy atom. The van der Waals surface area contributed by atoms with E-state index in [1.54, 1.807) is 0 Å². The molecule has 0 aromatic carbocycles. The number of hydrogen-bond donors (Lipinski definition) is 1. The lowest BCUT2D eigenvalue weighted by atomic mass is 10.1. The second-order valence-corrected chi connectivity index (χ2v) is 5.67. The highest BCUT2D eigenvalue weighted by atomic mass is 32.2. The van der Waals surface area contributed by atoms with Crippen molar-refractivity contribution < 1.29 is 5.11 Å². The summed E-state index contributed by atoms with van der Waals surface area (Å²) >= 11 is 1.86. The van der Waals surface area contributed by atoms with Gasteiger partial charge >= 0.3 is 0 Å². The molecule has 1 rings (SSSR count). The molecule has 1 N–H and O–H groups in total. The zero-order valence-electron chi connectivity index (χ0n) is 8.12. The summed E-state index contributed by atoms with van der Waals surface area (Å²) in [4.78, 5) is 0. The van der Waals surface area contributed by atoms with Gasteiger partial charge in [-0.25, -0.2) is 0 Å². The first-order valence-corrected chi connectivity index (χ1v) is 6.03. The molecular weight excluding hydrogens is 168 g/mol. The summed E-state index contributed by atoms with van der Waals surface area (Å²) in [5.41, 5.74) is 0. The lowest BCUT2D eigenvalue weighted by molar-refractivity contribution is 0.183. The Hall–Kier alpha value is 0.310. The molecule has 0 heterocycles. The predicted molar refractivity (Wildman–Crippen MR) is 55.6 cm³/mol. The van der Waals surface area contributed by atoms with Crippen molar-refractivity contribution in [2.75, 3.05) is 5.75 Å². The van der Waals surface area contributed by atoms with Gasteiger partial charge in [-0.1, -0.05) is 26.7 Å². The average Bonchev–Trinajstić information content (AvgIpc) is 2.80. The second-order valence-electron chi connectivity index (χ2n) is 4.06. The molecule has 1 fully saturated rings. The Bertz CT molecular complexity index is 115. The first-order chi connectivity index (χ1) is 5.68. The van der Waals surface area contributed by atoms with E-state index in [9.17, 15) is 5.11 Å². The minimum atomic E-state index is -0.0574. The van der Waals surface area contributed by atoms with Gasteiger partial charge in [0.1, 0.15) is 0 Å². The third-order valence-corrected chi connectivity index (χ3v) is 3.47. The van der Waals surface area contributed by atoms with Crippen molar-refractivity contribution in [3.8, 4) is 0 Å². The number of hydrogen-bond acceptors (Lipinski definition) is 2. The van der Waals surface area contributed by atoms with E-state index in [-0.39, 0.29) is 6.10 Å². The maximum atomic E-state index is 9.55. The Morgan fingerprint density at radius 1 is 1.42 bits per heavy atom. The van der Waals surface area contributed by atoms with Gasteiger partial charge < -0.3 is 5.11 Å². The highest BCUT2D eigenvalue weighted by Crippen LogP contribution is 2.34. The van der Waals surface area contributed by atoms with Crippen LogP contribution in [0.2, 0.25) is 0 Å². The van der Waals surface area contributed by atoms with Crippen LogP contribution in [0, 0.1) is 5.92 Å². The zero-order valence-corrected chi connectivity index (χ0v) is 8.94. The van der Waals surface area contributed by atoms with Crippen LogP contribution in [-0.2, 0) is 0 Å². The lowest BCUT2D eigenvalue weighted by Crippen LogP contribution is -2.11. The molecule has 1 unspecified atom stereocenters. The molecule has 1 aliphatic carbocycles. The van der Waals surface area contributed by atoms with E-state index < -0.39 is 0 Å². The molecule has 1 atom stereocenters. The highest BCUT2D eigenvalue weighted by Gasteiger charge is 2.21. The van der Waals surface area contributed by atoms with E-state index in [2.05, 4.69) is 13.8 Å². The van der Waals surface area contributed by atoms with Crippen LogP contribution in [0.3, 0.4) is 0 Å². The summed E-state index contributed by atoms with van der Waals surface area (Å²) in [7, 11) is 0. The fraction of sp³-hybridized carbons (Fsp3) is 1.00. The topological polar surface area (TPSA) is 20.2 Å². The summed E-state index contributed by atoms with van der Waals surface area (Å²) in [6, 6.07) is 0. The van der Waals surface area contributed by atoms with Gasteiger partial charge in [0.2, 0.25) is 0 Å². The van der Waals surface area contributed by atoms with Gasteiger partial charge in [0.25, 0.3) is 0 Å². The SMILES string of the molecule is CC(C)SCC(O)CCC1CC1. The van der Waals surface area contributed by atoms with Crippen molar-refractivity contribution >= 4 is 11.8 Å². The van der Waals surface area contributed by atoms with E-state index in [1.807, 2.05) is 11.8 Å². The van der Waals surface area contributed by atoms with E-state index in [1.165, 1.54) is 19.3 Å². The molecule has 1 saturated carbocycles. The third-order valence-electron chi connectivity index (χ3n) is 2.23. The van der Waals surface area contributed by atoms with Crippen molar-refractivity contribution in [1.82, 2.24) is 0 Å². The molecule has 1 nitrogen and oxygen atoms in total. The van der Waals surface area contributed by atoms with Gasteiger partial charge in [0.15, 0.2) is 0 Å². The minimum Gasteiger partial charge on any atom is -0.392 e. The van der Waals surface area contributed by atoms with Crippen LogP contribution in [0.5, 0.6) is 0 Å². The molecular formula is C10H20OS. The monoisotopic (exact) mass is 188 g/mol. The van der Waals surface area contributed by atoms with E-state index in [0.717, 1.165) is 18.1 Å². The van der Waals surface area contributed by atoms with Crippen molar-refractivity contribution in [3.63, 3.8) is 0 Å². The Labute approximate surface area is 79.9 Å². The quantitative estimate of drug-likeness (QED) is 0.691. The smallest absolute Gasteiger partial charge is 0.0630 e. The minimum absolute atomic E-state index is 0.0574. The van der Waals surface area contributed by atoms with Gasteiger partial charge in [-0.3, -0.25) is 0 Å². The summed E-state index contributed by atoms with van der Waals surface area (Å²) < 4.78 is 0. The van der Waals surface area contributed by atoms with Gasteiger partial charge in [-0.2, -0.15) is 11.8 Å². The average molecular weight is 188 g/mol. The number of aliphatic hydroxyl groups excluding tert-OH is 1. The molecule has 0 bridgehead atoms. The van der Waals surface area contributed by atoms with Crippen molar-refractivity contribution in [3.05, 3.63) is 0 Å². The summed E-state index contributed by atoms with van der Waals surface area (Å²) in [5, 5.41) is 10.2. The fourth-order valence-electron chi connectivity index (χ4n) is 1.22. The van der Waals surface area contributed by atoms with Crippen molar-refractivity contribution in [1.29, 1.82) is 0 Å². The normalized spacial score (nSPS) is 20.0. The Morgan fingerprint density at radius 3 is 2.58 bits per heavy atom. The van der Waals surface area contributed by atoms with Crippen LogP contribution in [0.1, 0.15) is 39.5 Å². The van der Waals surface area contributed by atoms with Gasteiger partial charge in [0.05, 0.1) is 6.10 Å². The van der Waals surface area contributed by atoms with Crippen LogP contribution < -0.4 is 0 Å². The highest BCUT2D eigenvalue weighted by molar-refractivity contribution is 7.99. The van der Waals surface area contributed by atoms with Crippen LogP contribution in [0.25, 0.3) is 0 Å². The number of aliphatic hydroxyl groups is 1. The molecule has 0 saturated heterocycles. The zero-order chi connectivity index (χ0) is 8.97. The Kier molecular flexibility index (Phi) is 4.44. The maximum Gasteiger partial charge on any atom is 0.0630 e. The molecule has 0 aromatic heterocycles. The van der Waals surface area contributed by atoms with Gasteiger partial charge in [-0.15, -0.1) is 0 Å². The lowest BCUT2D eigenvalue weighted by Gasteiger charge is -2.11. The molecule has 0 aromatic rings. The number of rotatable bonds is 6. The second kappa shape index (κ2) is 5.13. The van der Waals surface area contributed by atoms with Crippen LogP contribution in [0.15, 0.2) is 0 Å². The first kappa shape index (κ1) is 10.4. The largest absolute Gasteiger partial charge is 0.392 e. The molecule has 12 heavy (non-hydrogen) atoms. The van der Waals surface area contributed by atoms with E-state index >= 15 is 0 Å². The van der Waals surface area contributed by atoms with Crippen molar-refractivity contribution in [2.45, 2.75) is 50.9 Å². The van der Waals surface area contributed by atoms with Crippen LogP contribution in [-0.4, -0.2) is 22.2 Å². The molecule has 0 aliphatic heterocycles. The van der Waals surface area contributed by atoms with E-state index in [0.29, 0.717) is 5.25 Å². The Balaban J connectivity index is 1.91. The third kappa shape index (κ3) is 5.04. The molecule has 1 aliphatic rings. The predicted octanol–water partition coefficient (Wildman–Crippen LogP) is 2.68. The molecule has 0 amide bonds. The van der Waals surface area contributed by atoms with Gasteiger partial charge in [-0.05, 0) is 24.0 Å². The first-order valence-electron chi connectivity index (χ1n) is 4.98. The maximum absolute atomic E-state index is 9.55. The van der Waals surface area contributed by atoms with Crippen LogP contribution in [0.4, 0.5) is 0 Å². The van der Waals surface area contributed by atoms with Crippen molar-refractivity contribution in [2.24, 2.45) is 5.92 Å².